The van der Waals surface area contributed by atoms with Crippen molar-refractivity contribution in [3.63, 3.8) is 0 Å². The number of ether oxygens (including phenoxy) is 3. The fraction of sp³-hybridized carbons (Fsp3) is 1.00. The van der Waals surface area contributed by atoms with E-state index < -0.39 is 0 Å². The Labute approximate surface area is 422 Å². The van der Waals surface area contributed by atoms with Gasteiger partial charge in [-0.05, 0) is 86.4 Å². The first-order valence-corrected chi connectivity index (χ1v) is 29.4. The summed E-state index contributed by atoms with van der Waals surface area (Å²) in [4.78, 5) is 0. The maximum absolute atomic E-state index is 5.07. The first-order valence-electron chi connectivity index (χ1n) is 29.4. The van der Waals surface area contributed by atoms with Crippen molar-refractivity contribution in [2.45, 2.75) is 310 Å². The molecular formula is C61H145NO3. The molecule has 4 nitrogen and oxygen atoms in total. The van der Waals surface area contributed by atoms with E-state index in [9.17, 15) is 0 Å². The maximum atomic E-state index is 5.07. The normalized spacial score (nSPS) is 15.4. The summed E-state index contributed by atoms with van der Waals surface area (Å²) < 4.78 is 15.0. The van der Waals surface area contributed by atoms with Gasteiger partial charge in [-0.15, -0.1) is 0 Å². The zero-order valence-electron chi connectivity index (χ0n) is 52.4. The Balaban J connectivity index is -0.0000000538. The molecule has 65 heavy (non-hydrogen) atoms. The molecule has 412 valence electrons. The maximum Gasteiger partial charge on any atom is 0.0591 e. The van der Waals surface area contributed by atoms with Gasteiger partial charge in [-0.25, -0.2) is 0 Å². The summed E-state index contributed by atoms with van der Waals surface area (Å²) in [5.74, 6) is 6.23. The van der Waals surface area contributed by atoms with Gasteiger partial charge in [-0.3, -0.25) is 0 Å². The molecule has 0 spiro atoms. The van der Waals surface area contributed by atoms with Gasteiger partial charge in [-0.2, -0.15) is 0 Å². The molecule has 3 saturated heterocycles. The summed E-state index contributed by atoms with van der Waals surface area (Å²) in [5, 5.41) is 3.16. The van der Waals surface area contributed by atoms with Crippen LogP contribution in [-0.2, 0) is 14.2 Å². The van der Waals surface area contributed by atoms with Crippen LogP contribution in [0.25, 0.3) is 0 Å². The molecule has 6 aliphatic rings. The Kier molecular flexibility index (Phi) is 142. The smallest absolute Gasteiger partial charge is 0.0591 e. The molecule has 0 aromatic rings. The molecule has 6 rings (SSSR count). The molecule has 4 heteroatoms. The quantitative estimate of drug-likeness (QED) is 0.284. The fourth-order valence-electron chi connectivity index (χ4n) is 4.24. The molecule has 0 unspecified atom stereocenters. The highest BCUT2D eigenvalue weighted by molar-refractivity contribution is 4.75. The molecule has 3 heterocycles. The highest BCUT2D eigenvalue weighted by Crippen LogP contribution is 2.35. The van der Waals surface area contributed by atoms with E-state index in [1.165, 1.54) is 109 Å². The molecule has 0 atom stereocenters. The van der Waals surface area contributed by atoms with Crippen molar-refractivity contribution in [2.24, 2.45) is 41.4 Å². The molecular weight excluding hydrogens is 795 g/mol. The topological polar surface area (TPSA) is 39.7 Å². The van der Waals surface area contributed by atoms with Crippen LogP contribution in [0.1, 0.15) is 310 Å². The number of hydrogen-bond donors (Lipinski definition) is 1. The van der Waals surface area contributed by atoms with Gasteiger partial charge in [0.05, 0.1) is 13.2 Å². The Bertz CT molecular complexity index is 423. The van der Waals surface area contributed by atoms with Crippen LogP contribution in [0.3, 0.4) is 0 Å². The predicted molar refractivity (Wildman–Crippen MR) is 313 cm³/mol. The standard InChI is InChI=1S/C6H12.C5H10O.2C5H10.C4H9NO.C4H8O.5C4H10.6C2H6/c1-5(2)6-3-4-6;1-2-4-6-5-3-1;2*1-2-4-5-3-1;1-3-6-4-2-5-1;1-2-4-5-3-1;5*1-4(2)3;6*1-2/h5-6H,3-4H2,1-2H3;1-5H2;2*1-5H2;5H,1-4H2;1-4H2;5*4H,1-3H3;6*1-2H3. The Morgan fingerprint density at radius 3 is 0.477 bits per heavy atom. The van der Waals surface area contributed by atoms with Gasteiger partial charge < -0.3 is 19.5 Å². The first-order chi connectivity index (χ1) is 31.0. The molecule has 0 aromatic heterocycles. The second-order valence-corrected chi connectivity index (χ2v) is 19.1. The summed E-state index contributed by atoms with van der Waals surface area (Å²) in [5.41, 5.74) is 0. The number of rotatable bonds is 1. The lowest BCUT2D eigenvalue weighted by molar-refractivity contribution is 0.0968. The van der Waals surface area contributed by atoms with E-state index in [2.05, 4.69) is 123 Å². The third-order valence-corrected chi connectivity index (χ3v) is 6.82. The van der Waals surface area contributed by atoms with Gasteiger partial charge in [0.25, 0.3) is 0 Å². The largest absolute Gasteiger partial charge is 0.381 e. The summed E-state index contributed by atoms with van der Waals surface area (Å²) in [7, 11) is 0. The van der Waals surface area contributed by atoms with Gasteiger partial charge in [0.2, 0.25) is 0 Å². The van der Waals surface area contributed by atoms with Crippen LogP contribution in [0.5, 0.6) is 0 Å². The van der Waals surface area contributed by atoms with Crippen molar-refractivity contribution >= 4 is 0 Å². The number of morpholine rings is 1. The molecule has 0 bridgehead atoms. The third kappa shape index (κ3) is 213. The molecule has 0 radical (unpaired) electrons. The molecule has 3 aliphatic carbocycles. The van der Waals surface area contributed by atoms with Gasteiger partial charge >= 0.3 is 0 Å². The zero-order valence-corrected chi connectivity index (χ0v) is 52.4. The van der Waals surface area contributed by atoms with E-state index in [4.69, 9.17) is 14.2 Å². The average Bonchev–Trinajstić information content (AvgIpc) is 3.81. The van der Waals surface area contributed by atoms with Crippen LogP contribution < -0.4 is 5.32 Å². The predicted octanol–water partition coefficient (Wildman–Crippen LogP) is 22.0. The van der Waals surface area contributed by atoms with Crippen LogP contribution in [0.4, 0.5) is 0 Å². The SMILES string of the molecule is C1CCCC1.C1CCCC1.C1CCOC1.C1CCOCC1.C1COCCN1.CC.CC.CC.CC.CC.CC.CC(C)C.CC(C)C.CC(C)C.CC(C)C.CC(C)C.CC(C)C1CC1. The first kappa shape index (κ1) is 91.2. The van der Waals surface area contributed by atoms with Gasteiger partial charge in [0.15, 0.2) is 0 Å². The summed E-state index contributed by atoms with van der Waals surface area (Å²) >= 11 is 0. The summed E-state index contributed by atoms with van der Waals surface area (Å²) in [6, 6.07) is 0. The molecule has 1 N–H and O–H groups in total. The lowest BCUT2D eigenvalue weighted by Gasteiger charge is -2.10. The lowest BCUT2D eigenvalue weighted by atomic mass is 10.1. The van der Waals surface area contributed by atoms with Gasteiger partial charge in [0, 0.05) is 39.5 Å². The Hall–Kier alpha value is -0.160. The van der Waals surface area contributed by atoms with E-state index in [-0.39, 0.29) is 0 Å². The molecule has 0 amide bonds. The Morgan fingerprint density at radius 2 is 0.415 bits per heavy atom. The van der Waals surface area contributed by atoms with Crippen LogP contribution in [0.2, 0.25) is 0 Å². The van der Waals surface area contributed by atoms with Crippen LogP contribution in [0, 0.1) is 41.4 Å². The van der Waals surface area contributed by atoms with E-state index in [0.717, 1.165) is 94.2 Å². The minimum Gasteiger partial charge on any atom is -0.381 e. The van der Waals surface area contributed by atoms with E-state index in [1.807, 2.05) is 83.1 Å². The van der Waals surface area contributed by atoms with Crippen molar-refractivity contribution < 1.29 is 14.2 Å². The van der Waals surface area contributed by atoms with E-state index in [1.54, 1.807) is 0 Å². The van der Waals surface area contributed by atoms with Crippen molar-refractivity contribution in [3.05, 3.63) is 0 Å². The minimum atomic E-state index is 0.833. The van der Waals surface area contributed by atoms with Crippen LogP contribution in [0.15, 0.2) is 0 Å². The molecule has 3 saturated carbocycles. The third-order valence-electron chi connectivity index (χ3n) is 6.82. The minimum absolute atomic E-state index is 0.833. The summed E-state index contributed by atoms with van der Waals surface area (Å²) in [6.07, 6.45) is 24.5. The molecule has 3 aliphatic heterocycles. The van der Waals surface area contributed by atoms with Gasteiger partial charge in [-0.1, -0.05) is 265 Å². The highest BCUT2D eigenvalue weighted by atomic mass is 16.5. The van der Waals surface area contributed by atoms with Crippen molar-refractivity contribution in [3.8, 4) is 0 Å². The Morgan fingerprint density at radius 1 is 0.262 bits per heavy atom. The zero-order chi connectivity index (χ0) is 53.5. The van der Waals surface area contributed by atoms with Crippen molar-refractivity contribution in [1.82, 2.24) is 5.32 Å². The second-order valence-electron chi connectivity index (χ2n) is 19.1. The van der Waals surface area contributed by atoms with Gasteiger partial charge in [0.1, 0.15) is 0 Å². The van der Waals surface area contributed by atoms with Crippen molar-refractivity contribution in [1.29, 1.82) is 0 Å². The summed E-state index contributed by atoms with van der Waals surface area (Å²) in [6.45, 7) is 68.9. The molecule has 6 fully saturated rings. The van der Waals surface area contributed by atoms with Crippen LogP contribution >= 0.6 is 0 Å². The lowest BCUT2D eigenvalue weighted by Crippen LogP contribution is -2.30. The number of nitrogens with one attached hydrogen (secondary N) is 1. The number of hydrogen-bond acceptors (Lipinski definition) is 4. The van der Waals surface area contributed by atoms with E-state index >= 15 is 0 Å². The van der Waals surface area contributed by atoms with Crippen LogP contribution in [-0.4, -0.2) is 52.7 Å². The molecule has 0 aromatic carbocycles. The fourth-order valence-corrected chi connectivity index (χ4v) is 4.24. The average molecular weight is 941 g/mol. The second kappa shape index (κ2) is 101. The monoisotopic (exact) mass is 940 g/mol. The van der Waals surface area contributed by atoms with E-state index in [0.29, 0.717) is 0 Å². The van der Waals surface area contributed by atoms with Crippen molar-refractivity contribution in [2.75, 3.05) is 52.7 Å². The highest BCUT2D eigenvalue weighted by Gasteiger charge is 2.24.